The molecule has 1 aliphatic rings. The molecule has 1 unspecified atom stereocenters. The number of benzene rings is 3. The monoisotopic (exact) mass is 341 g/mol. The van der Waals surface area contributed by atoms with E-state index in [1.54, 1.807) is 0 Å². The van der Waals surface area contributed by atoms with E-state index in [1.165, 1.54) is 16.2 Å². The molecule has 1 atom stereocenters. The van der Waals surface area contributed by atoms with E-state index in [0.29, 0.717) is 6.42 Å². The van der Waals surface area contributed by atoms with Gasteiger partial charge in [0, 0.05) is 17.2 Å². The Hall–Kier alpha value is -2.76. The normalized spacial score (nSPS) is 15.8. The molecular weight excluding hydrogens is 323 g/mol. The minimum Gasteiger partial charge on any atom is -0.294 e. The van der Waals surface area contributed by atoms with Crippen molar-refractivity contribution in [1.82, 2.24) is 0 Å². The zero-order valence-corrected chi connectivity index (χ0v) is 14.7. The molecule has 0 saturated heterocycles. The van der Waals surface area contributed by atoms with Gasteiger partial charge in [-0.3, -0.25) is 4.79 Å². The lowest BCUT2D eigenvalue weighted by Crippen LogP contribution is -2.15. The van der Waals surface area contributed by atoms with E-state index in [2.05, 4.69) is 48.5 Å². The predicted molar refractivity (Wildman–Crippen MR) is 108 cm³/mol. The summed E-state index contributed by atoms with van der Waals surface area (Å²) in [5.41, 5.74) is 2.31. The standard InChI is InChI=1S/C23H18OP/c24-20-16-22(18-10-4-1-5-11-18)25(21-14-8-3-9-15-21)23(17-20)19-12-6-2-7-13-19/h1-16H,17H2/q+1. The van der Waals surface area contributed by atoms with Crippen molar-refractivity contribution in [3.63, 3.8) is 0 Å². The van der Waals surface area contributed by atoms with Crippen molar-refractivity contribution in [2.24, 2.45) is 0 Å². The second-order valence-electron chi connectivity index (χ2n) is 6.02. The first-order chi connectivity index (χ1) is 12.3. The summed E-state index contributed by atoms with van der Waals surface area (Å²) in [6.45, 7) is 0. The van der Waals surface area contributed by atoms with Gasteiger partial charge in [-0.2, -0.15) is 0 Å². The van der Waals surface area contributed by atoms with E-state index >= 15 is 0 Å². The first-order valence-corrected chi connectivity index (χ1v) is 9.73. The van der Waals surface area contributed by atoms with Crippen LogP contribution in [0, 0.1) is 0 Å². The molecule has 0 spiro atoms. The Balaban J connectivity index is 1.99. The van der Waals surface area contributed by atoms with Crippen LogP contribution in [-0.4, -0.2) is 11.1 Å². The molecule has 0 bridgehead atoms. The van der Waals surface area contributed by atoms with E-state index in [4.69, 9.17) is 0 Å². The van der Waals surface area contributed by atoms with E-state index in [-0.39, 0.29) is 5.78 Å². The van der Waals surface area contributed by atoms with Crippen molar-refractivity contribution in [2.75, 3.05) is 0 Å². The van der Waals surface area contributed by atoms with Gasteiger partial charge in [0.2, 0.25) is 0 Å². The van der Waals surface area contributed by atoms with Gasteiger partial charge in [0.05, 0.1) is 6.42 Å². The highest BCUT2D eigenvalue weighted by Crippen LogP contribution is 2.46. The number of ketones is 1. The van der Waals surface area contributed by atoms with Gasteiger partial charge in [-0.05, 0) is 12.1 Å². The fourth-order valence-electron chi connectivity index (χ4n) is 3.21. The number of rotatable bonds is 3. The summed E-state index contributed by atoms with van der Waals surface area (Å²) in [6, 6.07) is 31.2. The summed E-state index contributed by atoms with van der Waals surface area (Å²) in [7, 11) is -0.716. The summed E-state index contributed by atoms with van der Waals surface area (Å²) in [4.78, 5) is 12.5. The highest BCUT2D eigenvalue weighted by Gasteiger charge is 2.34. The molecule has 0 aromatic heterocycles. The fourth-order valence-corrected chi connectivity index (χ4v) is 5.97. The molecule has 0 N–H and O–H groups in total. The molecule has 0 saturated carbocycles. The largest absolute Gasteiger partial charge is 0.294 e. The van der Waals surface area contributed by atoms with Gasteiger partial charge in [-0.25, -0.2) is 0 Å². The Kier molecular flexibility index (Phi) is 4.41. The maximum Gasteiger partial charge on any atom is 0.175 e. The maximum absolute atomic E-state index is 12.5. The Morgan fingerprint density at radius 1 is 0.640 bits per heavy atom. The molecule has 25 heavy (non-hydrogen) atoms. The third kappa shape index (κ3) is 3.24. The van der Waals surface area contributed by atoms with E-state index < -0.39 is 7.55 Å². The van der Waals surface area contributed by atoms with Gasteiger partial charge in [0.15, 0.2) is 23.9 Å². The summed E-state index contributed by atoms with van der Waals surface area (Å²) in [5.74, 6) is 0.187. The van der Waals surface area contributed by atoms with Crippen LogP contribution in [0.15, 0.2) is 97.1 Å². The molecule has 0 fully saturated rings. The zero-order chi connectivity index (χ0) is 17.1. The molecule has 1 heterocycles. The van der Waals surface area contributed by atoms with Crippen molar-refractivity contribution in [3.05, 3.63) is 108 Å². The molecule has 0 amide bonds. The minimum absolute atomic E-state index is 0.187. The van der Waals surface area contributed by atoms with Gasteiger partial charge >= 0.3 is 0 Å². The van der Waals surface area contributed by atoms with Crippen LogP contribution < -0.4 is 5.30 Å². The highest BCUT2D eigenvalue weighted by molar-refractivity contribution is 7.76. The third-order valence-corrected chi connectivity index (χ3v) is 6.98. The molecule has 3 aromatic carbocycles. The molecule has 4 rings (SSSR count). The second-order valence-corrected chi connectivity index (χ2v) is 8.23. The topological polar surface area (TPSA) is 17.1 Å². The summed E-state index contributed by atoms with van der Waals surface area (Å²) in [5, 5.41) is 3.68. The lowest BCUT2D eigenvalue weighted by atomic mass is 10.1. The number of carbonyl (C=O) groups excluding carboxylic acids is 1. The molecule has 3 aromatic rings. The molecule has 0 radical (unpaired) electrons. The van der Waals surface area contributed by atoms with Gasteiger partial charge in [0.1, 0.15) is 5.29 Å². The molecule has 1 aliphatic heterocycles. The molecule has 0 aliphatic carbocycles. The van der Waals surface area contributed by atoms with Crippen LogP contribution in [0.25, 0.3) is 5.31 Å². The Morgan fingerprint density at radius 3 is 1.76 bits per heavy atom. The van der Waals surface area contributed by atoms with Crippen LogP contribution >= 0.6 is 7.55 Å². The van der Waals surface area contributed by atoms with Crippen molar-refractivity contribution >= 4 is 29.2 Å². The Labute approximate surface area is 149 Å². The summed E-state index contributed by atoms with van der Waals surface area (Å²) >= 11 is 0. The molecular formula is C23H18OP+. The van der Waals surface area contributed by atoms with Gasteiger partial charge < -0.3 is 0 Å². The van der Waals surface area contributed by atoms with Gasteiger partial charge in [0.25, 0.3) is 0 Å². The quantitative estimate of drug-likeness (QED) is 0.611. The van der Waals surface area contributed by atoms with Crippen molar-refractivity contribution in [2.45, 2.75) is 6.42 Å². The first kappa shape index (κ1) is 15.7. The van der Waals surface area contributed by atoms with E-state index in [1.807, 2.05) is 48.5 Å². The van der Waals surface area contributed by atoms with Gasteiger partial charge in [-0.15, -0.1) is 0 Å². The number of allylic oxidation sites excluding steroid dienone is 1. The van der Waals surface area contributed by atoms with Crippen LogP contribution in [0.5, 0.6) is 0 Å². The van der Waals surface area contributed by atoms with Crippen molar-refractivity contribution in [3.8, 4) is 0 Å². The Bertz CT molecular complexity index is 955. The summed E-state index contributed by atoms with van der Waals surface area (Å²) in [6.07, 6.45) is 2.36. The van der Waals surface area contributed by atoms with Crippen molar-refractivity contribution in [1.29, 1.82) is 0 Å². The lowest BCUT2D eigenvalue weighted by Gasteiger charge is -2.12. The van der Waals surface area contributed by atoms with Crippen LogP contribution in [0.2, 0.25) is 0 Å². The zero-order valence-electron chi connectivity index (χ0n) is 13.8. The smallest absolute Gasteiger partial charge is 0.175 e. The van der Waals surface area contributed by atoms with Crippen molar-refractivity contribution < 1.29 is 4.79 Å². The average molecular weight is 341 g/mol. The predicted octanol–water partition coefficient (Wildman–Crippen LogP) is 5.03. The third-order valence-electron chi connectivity index (χ3n) is 4.34. The van der Waals surface area contributed by atoms with Crippen LogP contribution in [0.3, 0.4) is 0 Å². The summed E-state index contributed by atoms with van der Waals surface area (Å²) < 4.78 is 0. The van der Waals surface area contributed by atoms with Crippen LogP contribution in [0.1, 0.15) is 17.5 Å². The Morgan fingerprint density at radius 2 is 1.16 bits per heavy atom. The lowest BCUT2D eigenvalue weighted by molar-refractivity contribution is -0.113. The number of carbonyl (C=O) groups is 1. The second kappa shape index (κ2) is 7.01. The maximum atomic E-state index is 12.5. The van der Waals surface area contributed by atoms with Gasteiger partial charge in [-0.1, -0.05) is 78.9 Å². The number of hydrogen-bond acceptors (Lipinski definition) is 1. The fraction of sp³-hybridized carbons (Fsp3) is 0.0435. The first-order valence-electron chi connectivity index (χ1n) is 8.39. The highest BCUT2D eigenvalue weighted by atomic mass is 31.1. The molecule has 2 heteroatoms. The number of hydrogen-bond donors (Lipinski definition) is 0. The van der Waals surface area contributed by atoms with E-state index in [0.717, 1.165) is 10.9 Å². The molecule has 1 nitrogen and oxygen atoms in total. The minimum atomic E-state index is -0.716. The van der Waals surface area contributed by atoms with E-state index in [9.17, 15) is 4.79 Å². The average Bonchev–Trinajstić information content (AvgIpc) is 2.69. The SMILES string of the molecule is O=C1C=C(c2ccccc2)[P+](c2ccccc2)=C(c2ccccc2)C1. The van der Waals surface area contributed by atoms with Crippen LogP contribution in [-0.2, 0) is 4.79 Å². The molecule has 120 valence electrons. The van der Waals surface area contributed by atoms with Crippen LogP contribution in [0.4, 0.5) is 0 Å².